The molecule has 0 bridgehead atoms. The minimum atomic E-state index is 0.161. The Morgan fingerprint density at radius 2 is 1.84 bits per heavy atom. The first kappa shape index (κ1) is 15.3. The predicted octanol–water partition coefficient (Wildman–Crippen LogP) is 4.28. The molecule has 19 heavy (non-hydrogen) atoms. The van der Waals surface area contributed by atoms with Gasteiger partial charge in [-0.25, -0.2) is 0 Å². The molecule has 2 rings (SSSR count). The first-order chi connectivity index (χ1) is 9.21. The highest BCUT2D eigenvalue weighted by Gasteiger charge is 2.35. The van der Waals surface area contributed by atoms with E-state index in [1.54, 1.807) is 0 Å². The number of nitrogens with one attached hydrogen (secondary N) is 1. The van der Waals surface area contributed by atoms with Crippen LogP contribution in [0.25, 0.3) is 0 Å². The van der Waals surface area contributed by atoms with Crippen LogP contribution in [-0.4, -0.2) is 24.3 Å². The summed E-state index contributed by atoms with van der Waals surface area (Å²) >= 11 is 0. The van der Waals surface area contributed by atoms with Crippen molar-refractivity contribution in [2.24, 2.45) is 5.92 Å². The lowest BCUT2D eigenvalue weighted by Crippen LogP contribution is -2.50. The van der Waals surface area contributed by atoms with E-state index in [2.05, 4.69) is 26.1 Å². The van der Waals surface area contributed by atoms with Crippen molar-refractivity contribution in [3.05, 3.63) is 0 Å². The molecular weight excluding hydrogens is 234 g/mol. The quantitative estimate of drug-likeness (QED) is 0.802. The van der Waals surface area contributed by atoms with Crippen molar-refractivity contribution in [3.63, 3.8) is 0 Å². The molecule has 3 unspecified atom stereocenters. The smallest absolute Gasteiger partial charge is 0.0692 e. The lowest BCUT2D eigenvalue weighted by atomic mass is 9.82. The highest BCUT2D eigenvalue weighted by Crippen LogP contribution is 2.33. The third-order valence-electron chi connectivity index (χ3n) is 5.61. The summed E-state index contributed by atoms with van der Waals surface area (Å²) in [6.45, 7) is 7.85. The van der Waals surface area contributed by atoms with E-state index >= 15 is 0 Å². The summed E-state index contributed by atoms with van der Waals surface area (Å²) in [5.41, 5.74) is 0.161. The summed E-state index contributed by atoms with van der Waals surface area (Å²) in [6, 6.07) is 1.46. The summed E-state index contributed by atoms with van der Waals surface area (Å²) in [5, 5.41) is 3.97. The standard InChI is InChI=1S/C17H33NO/c1-4-14-8-7-9-15(12-14)18-16-10-11-19-17(5-2,6-3)13-16/h14-16,18H,4-13H2,1-3H3. The Hall–Kier alpha value is -0.0800. The van der Waals surface area contributed by atoms with Crippen molar-refractivity contribution in [2.75, 3.05) is 6.61 Å². The van der Waals surface area contributed by atoms with Crippen molar-refractivity contribution in [3.8, 4) is 0 Å². The van der Waals surface area contributed by atoms with Crippen molar-refractivity contribution in [1.82, 2.24) is 5.32 Å². The van der Waals surface area contributed by atoms with Crippen LogP contribution in [0.5, 0.6) is 0 Å². The molecule has 0 radical (unpaired) electrons. The topological polar surface area (TPSA) is 21.3 Å². The fourth-order valence-corrected chi connectivity index (χ4v) is 4.06. The third-order valence-corrected chi connectivity index (χ3v) is 5.61. The average Bonchev–Trinajstić information content (AvgIpc) is 2.47. The maximum absolute atomic E-state index is 6.09. The third kappa shape index (κ3) is 3.95. The van der Waals surface area contributed by atoms with Gasteiger partial charge < -0.3 is 10.1 Å². The van der Waals surface area contributed by atoms with E-state index < -0.39 is 0 Å². The van der Waals surface area contributed by atoms with E-state index in [9.17, 15) is 0 Å². The van der Waals surface area contributed by atoms with Gasteiger partial charge in [-0.05, 0) is 44.4 Å². The number of hydrogen-bond acceptors (Lipinski definition) is 2. The largest absolute Gasteiger partial charge is 0.375 e. The van der Waals surface area contributed by atoms with Crippen molar-refractivity contribution >= 4 is 0 Å². The molecule has 2 nitrogen and oxygen atoms in total. The molecule has 1 N–H and O–H groups in total. The van der Waals surface area contributed by atoms with E-state index in [0.29, 0.717) is 6.04 Å². The van der Waals surface area contributed by atoms with Crippen LogP contribution in [0.3, 0.4) is 0 Å². The van der Waals surface area contributed by atoms with E-state index in [4.69, 9.17) is 4.74 Å². The fourth-order valence-electron chi connectivity index (χ4n) is 4.06. The van der Waals surface area contributed by atoms with Gasteiger partial charge in [0.2, 0.25) is 0 Å². The van der Waals surface area contributed by atoms with Crippen LogP contribution in [0.1, 0.15) is 78.6 Å². The lowest BCUT2D eigenvalue weighted by molar-refractivity contribution is -0.0946. The molecule has 112 valence electrons. The monoisotopic (exact) mass is 267 g/mol. The van der Waals surface area contributed by atoms with Crippen LogP contribution in [0, 0.1) is 5.92 Å². The van der Waals surface area contributed by atoms with Crippen LogP contribution >= 0.6 is 0 Å². The van der Waals surface area contributed by atoms with Gasteiger partial charge in [0.15, 0.2) is 0 Å². The average molecular weight is 267 g/mol. The Bertz CT molecular complexity index is 262. The van der Waals surface area contributed by atoms with Crippen LogP contribution in [0.2, 0.25) is 0 Å². The maximum atomic E-state index is 6.09. The highest BCUT2D eigenvalue weighted by atomic mass is 16.5. The zero-order chi connectivity index (χ0) is 13.7. The second-order valence-corrected chi connectivity index (χ2v) is 6.73. The number of rotatable bonds is 5. The zero-order valence-corrected chi connectivity index (χ0v) is 13.2. The van der Waals surface area contributed by atoms with Gasteiger partial charge in [0, 0.05) is 18.7 Å². The predicted molar refractivity (Wildman–Crippen MR) is 81.5 cm³/mol. The van der Waals surface area contributed by atoms with E-state index in [1.807, 2.05) is 0 Å². The molecule has 0 spiro atoms. The molecule has 2 heteroatoms. The minimum absolute atomic E-state index is 0.161. The van der Waals surface area contributed by atoms with Gasteiger partial charge >= 0.3 is 0 Å². The summed E-state index contributed by atoms with van der Waals surface area (Å²) in [4.78, 5) is 0. The molecule has 0 aromatic rings. The number of hydrogen-bond donors (Lipinski definition) is 1. The second-order valence-electron chi connectivity index (χ2n) is 6.73. The Morgan fingerprint density at radius 3 is 2.53 bits per heavy atom. The highest BCUT2D eigenvalue weighted by molar-refractivity contribution is 4.90. The first-order valence-electron chi connectivity index (χ1n) is 8.61. The Labute approximate surface area is 119 Å². The second kappa shape index (κ2) is 7.08. The molecule has 1 saturated carbocycles. The number of ether oxygens (including phenoxy) is 1. The van der Waals surface area contributed by atoms with Crippen LogP contribution in [0.15, 0.2) is 0 Å². The van der Waals surface area contributed by atoms with Gasteiger partial charge in [-0.15, -0.1) is 0 Å². The SMILES string of the molecule is CCC1CCCC(NC2CCOC(CC)(CC)C2)C1. The van der Waals surface area contributed by atoms with Gasteiger partial charge in [0.25, 0.3) is 0 Å². The summed E-state index contributed by atoms with van der Waals surface area (Å²) in [5.74, 6) is 0.966. The molecule has 0 aromatic carbocycles. The van der Waals surface area contributed by atoms with E-state index in [0.717, 1.165) is 31.4 Å². The summed E-state index contributed by atoms with van der Waals surface area (Å²) < 4.78 is 6.09. The molecule has 1 aliphatic carbocycles. The zero-order valence-electron chi connectivity index (χ0n) is 13.2. The molecule has 0 amide bonds. The molecule has 1 saturated heterocycles. The maximum Gasteiger partial charge on any atom is 0.0692 e. The van der Waals surface area contributed by atoms with Gasteiger partial charge in [-0.1, -0.05) is 40.0 Å². The molecular formula is C17H33NO. The van der Waals surface area contributed by atoms with Crippen LogP contribution < -0.4 is 5.32 Å². The fraction of sp³-hybridized carbons (Fsp3) is 1.00. The molecule has 3 atom stereocenters. The van der Waals surface area contributed by atoms with Crippen LogP contribution in [0.4, 0.5) is 0 Å². The summed E-state index contributed by atoms with van der Waals surface area (Å²) in [7, 11) is 0. The minimum Gasteiger partial charge on any atom is -0.375 e. The Kier molecular flexibility index (Phi) is 5.70. The molecule has 1 heterocycles. The van der Waals surface area contributed by atoms with Gasteiger partial charge in [-0.3, -0.25) is 0 Å². The van der Waals surface area contributed by atoms with E-state index in [1.165, 1.54) is 44.9 Å². The molecule has 0 aromatic heterocycles. The van der Waals surface area contributed by atoms with E-state index in [-0.39, 0.29) is 5.60 Å². The Balaban J connectivity index is 1.85. The molecule has 2 aliphatic rings. The van der Waals surface area contributed by atoms with Crippen molar-refractivity contribution < 1.29 is 4.74 Å². The first-order valence-corrected chi connectivity index (χ1v) is 8.61. The van der Waals surface area contributed by atoms with Gasteiger partial charge in [-0.2, -0.15) is 0 Å². The lowest BCUT2D eigenvalue weighted by Gasteiger charge is -2.42. The molecule has 2 fully saturated rings. The van der Waals surface area contributed by atoms with Gasteiger partial charge in [0.05, 0.1) is 5.60 Å². The van der Waals surface area contributed by atoms with Crippen molar-refractivity contribution in [2.45, 2.75) is 96.2 Å². The Morgan fingerprint density at radius 1 is 1.05 bits per heavy atom. The van der Waals surface area contributed by atoms with Crippen molar-refractivity contribution in [1.29, 1.82) is 0 Å². The normalized spacial score (nSPS) is 35.2. The molecule has 1 aliphatic heterocycles. The summed E-state index contributed by atoms with van der Waals surface area (Å²) in [6.07, 6.45) is 11.8. The van der Waals surface area contributed by atoms with Gasteiger partial charge in [0.1, 0.15) is 0 Å². The van der Waals surface area contributed by atoms with Crippen LogP contribution in [-0.2, 0) is 4.74 Å².